The maximum atomic E-state index is 10.4. The topological polar surface area (TPSA) is 84.2 Å². The van der Waals surface area contributed by atoms with E-state index in [1.165, 1.54) is 12.3 Å². The first-order valence-corrected chi connectivity index (χ1v) is 5.17. The predicted molar refractivity (Wildman–Crippen MR) is 66.6 cm³/mol. The van der Waals surface area contributed by atoms with Crippen LogP contribution < -0.4 is 16.4 Å². The number of carbonyl (C=O) groups excluding carboxylic acids is 2. The Morgan fingerprint density at radius 2 is 1.94 bits per heavy atom. The van der Waals surface area contributed by atoms with Gasteiger partial charge in [0, 0.05) is 24.0 Å². The van der Waals surface area contributed by atoms with Crippen LogP contribution in [-0.4, -0.2) is 25.3 Å². The molecular weight excluding hydrogens is 218 g/mol. The van der Waals surface area contributed by atoms with Crippen LogP contribution in [0.4, 0.5) is 5.69 Å². The summed E-state index contributed by atoms with van der Waals surface area (Å²) >= 11 is 0. The van der Waals surface area contributed by atoms with Gasteiger partial charge in [0.2, 0.25) is 0 Å². The van der Waals surface area contributed by atoms with Gasteiger partial charge in [0.25, 0.3) is 0 Å². The van der Waals surface area contributed by atoms with E-state index in [-0.39, 0.29) is 6.17 Å². The molecule has 0 amide bonds. The van der Waals surface area contributed by atoms with Gasteiger partial charge in [-0.3, -0.25) is 9.59 Å². The number of hydrogen-bond donors (Lipinski definition) is 3. The van der Waals surface area contributed by atoms with Crippen molar-refractivity contribution in [3.63, 3.8) is 0 Å². The number of nitrogens with two attached hydrogens (primary N) is 1. The average Bonchev–Trinajstić information content (AvgIpc) is 2.37. The number of benzene rings is 1. The summed E-state index contributed by atoms with van der Waals surface area (Å²) in [5, 5.41) is 5.92. The minimum Gasteiger partial charge on any atom is -0.382 e. The zero-order valence-electron chi connectivity index (χ0n) is 9.30. The lowest BCUT2D eigenvalue weighted by Gasteiger charge is -2.13. The van der Waals surface area contributed by atoms with E-state index in [9.17, 15) is 9.59 Å². The smallest absolute Gasteiger partial charge is 0.150 e. The fourth-order valence-electron chi connectivity index (χ4n) is 1.18. The molecule has 0 fully saturated rings. The Kier molecular flexibility index (Phi) is 5.46. The molecule has 17 heavy (non-hydrogen) atoms. The van der Waals surface area contributed by atoms with Gasteiger partial charge in [-0.1, -0.05) is 0 Å². The first kappa shape index (κ1) is 12.9. The van der Waals surface area contributed by atoms with E-state index < -0.39 is 0 Å². The Hall–Kier alpha value is -2.14. The molecule has 0 aliphatic heterocycles. The molecule has 0 aliphatic rings. The van der Waals surface area contributed by atoms with Crippen molar-refractivity contribution in [1.82, 2.24) is 5.32 Å². The fourth-order valence-corrected chi connectivity index (χ4v) is 1.18. The van der Waals surface area contributed by atoms with E-state index in [1.54, 1.807) is 24.3 Å². The number of hydrogen-bond acceptors (Lipinski definition) is 5. The second-order valence-corrected chi connectivity index (χ2v) is 3.39. The van der Waals surface area contributed by atoms with Crippen LogP contribution in [0.3, 0.4) is 0 Å². The molecule has 1 aromatic rings. The van der Waals surface area contributed by atoms with E-state index in [0.717, 1.165) is 12.0 Å². The van der Waals surface area contributed by atoms with Gasteiger partial charge in [-0.25, -0.2) is 0 Å². The average molecular weight is 233 g/mol. The highest BCUT2D eigenvalue weighted by Gasteiger charge is 1.98. The molecule has 0 saturated heterocycles. The minimum atomic E-state index is -0.294. The van der Waals surface area contributed by atoms with Crippen LogP contribution in [0, 0.1) is 0 Å². The van der Waals surface area contributed by atoms with Crippen LogP contribution in [0.2, 0.25) is 0 Å². The third-order valence-electron chi connectivity index (χ3n) is 2.06. The normalized spacial score (nSPS) is 12.1. The number of aldehydes is 2. The molecule has 1 unspecified atom stereocenters. The number of rotatable bonds is 7. The number of anilines is 1. The van der Waals surface area contributed by atoms with Crippen LogP contribution in [-0.2, 0) is 4.79 Å². The standard InChI is InChI=1S/C12H15N3O2/c13-12(14-6-1-7-16)8-15-11-4-2-10(9-17)3-5-11/h1-7,9,12,14-15H,8,13H2/b6-1+. The summed E-state index contributed by atoms with van der Waals surface area (Å²) in [6, 6.07) is 7.05. The summed E-state index contributed by atoms with van der Waals surface area (Å²) < 4.78 is 0. The van der Waals surface area contributed by atoms with Crippen molar-refractivity contribution in [1.29, 1.82) is 0 Å². The highest BCUT2D eigenvalue weighted by molar-refractivity contribution is 5.75. The molecule has 0 radical (unpaired) electrons. The monoisotopic (exact) mass is 233 g/mol. The zero-order chi connectivity index (χ0) is 12.5. The molecule has 1 aromatic carbocycles. The van der Waals surface area contributed by atoms with Crippen molar-refractivity contribution in [2.75, 3.05) is 11.9 Å². The lowest BCUT2D eigenvalue weighted by Crippen LogP contribution is -2.40. The maximum absolute atomic E-state index is 10.4. The van der Waals surface area contributed by atoms with Gasteiger partial charge >= 0.3 is 0 Å². The molecule has 1 rings (SSSR count). The van der Waals surface area contributed by atoms with Crippen molar-refractivity contribution < 1.29 is 9.59 Å². The van der Waals surface area contributed by atoms with E-state index in [0.29, 0.717) is 18.4 Å². The summed E-state index contributed by atoms with van der Waals surface area (Å²) in [5.74, 6) is 0. The molecule has 0 heterocycles. The van der Waals surface area contributed by atoms with Gasteiger partial charge in [-0.2, -0.15) is 0 Å². The van der Waals surface area contributed by atoms with Crippen LogP contribution >= 0.6 is 0 Å². The van der Waals surface area contributed by atoms with Gasteiger partial charge in [-0.15, -0.1) is 0 Å². The summed E-state index contributed by atoms with van der Waals surface area (Å²) in [6.07, 6.45) is 4.00. The molecular formula is C12H15N3O2. The molecule has 5 nitrogen and oxygen atoms in total. The van der Waals surface area contributed by atoms with Gasteiger partial charge in [0.15, 0.2) is 0 Å². The van der Waals surface area contributed by atoms with E-state index in [1.807, 2.05) is 0 Å². The van der Waals surface area contributed by atoms with E-state index in [2.05, 4.69) is 10.6 Å². The Morgan fingerprint density at radius 3 is 2.53 bits per heavy atom. The lowest BCUT2D eigenvalue weighted by atomic mass is 10.2. The third-order valence-corrected chi connectivity index (χ3v) is 2.06. The van der Waals surface area contributed by atoms with Crippen molar-refractivity contribution in [2.24, 2.45) is 5.73 Å². The number of nitrogens with one attached hydrogen (secondary N) is 2. The molecule has 0 bridgehead atoms. The zero-order valence-corrected chi connectivity index (χ0v) is 9.30. The van der Waals surface area contributed by atoms with Crippen molar-refractivity contribution in [3.8, 4) is 0 Å². The first-order valence-electron chi connectivity index (χ1n) is 5.17. The van der Waals surface area contributed by atoms with Crippen molar-refractivity contribution in [3.05, 3.63) is 42.1 Å². The summed E-state index contributed by atoms with van der Waals surface area (Å²) in [4.78, 5) is 20.5. The SMILES string of the molecule is NC(CNc1ccc(C=O)cc1)N/C=C/C=O. The third kappa shape index (κ3) is 4.94. The number of carbonyl (C=O) groups is 2. The molecule has 1 atom stereocenters. The Bertz CT molecular complexity index is 387. The largest absolute Gasteiger partial charge is 0.382 e. The van der Waals surface area contributed by atoms with E-state index in [4.69, 9.17) is 5.73 Å². The van der Waals surface area contributed by atoms with Crippen LogP contribution in [0.25, 0.3) is 0 Å². The maximum Gasteiger partial charge on any atom is 0.150 e. The molecule has 0 aliphatic carbocycles. The first-order chi connectivity index (χ1) is 8.26. The van der Waals surface area contributed by atoms with Gasteiger partial charge in [0.1, 0.15) is 12.6 Å². The number of allylic oxidation sites excluding steroid dienone is 1. The van der Waals surface area contributed by atoms with Gasteiger partial charge < -0.3 is 16.4 Å². The fraction of sp³-hybridized carbons (Fsp3) is 0.167. The molecule has 90 valence electrons. The van der Waals surface area contributed by atoms with Crippen molar-refractivity contribution in [2.45, 2.75) is 6.17 Å². The summed E-state index contributed by atoms with van der Waals surface area (Å²) in [6.45, 7) is 0.504. The predicted octanol–water partition coefficient (Wildman–Crippen LogP) is 0.498. The molecule has 0 spiro atoms. The van der Waals surface area contributed by atoms with Crippen molar-refractivity contribution >= 4 is 18.3 Å². The quantitative estimate of drug-likeness (QED) is 0.363. The molecule has 0 aromatic heterocycles. The minimum absolute atomic E-state index is 0.294. The summed E-state index contributed by atoms with van der Waals surface area (Å²) in [7, 11) is 0. The lowest BCUT2D eigenvalue weighted by molar-refractivity contribution is -0.104. The van der Waals surface area contributed by atoms with Crippen LogP contribution in [0.15, 0.2) is 36.5 Å². The second kappa shape index (κ2) is 7.19. The van der Waals surface area contributed by atoms with Crippen LogP contribution in [0.1, 0.15) is 10.4 Å². The molecule has 5 heteroatoms. The molecule has 4 N–H and O–H groups in total. The van der Waals surface area contributed by atoms with E-state index >= 15 is 0 Å². The Morgan fingerprint density at radius 1 is 1.24 bits per heavy atom. The Balaban J connectivity index is 2.36. The highest BCUT2D eigenvalue weighted by Crippen LogP contribution is 2.07. The van der Waals surface area contributed by atoms with Gasteiger partial charge in [-0.05, 0) is 30.3 Å². The Labute approximate surface area is 99.7 Å². The molecule has 0 saturated carbocycles. The summed E-state index contributed by atoms with van der Waals surface area (Å²) in [5.41, 5.74) is 7.23. The van der Waals surface area contributed by atoms with Gasteiger partial charge in [0.05, 0.1) is 6.17 Å². The second-order valence-electron chi connectivity index (χ2n) is 3.39. The highest BCUT2D eigenvalue weighted by atomic mass is 16.1. The van der Waals surface area contributed by atoms with Crippen LogP contribution in [0.5, 0.6) is 0 Å².